The highest BCUT2D eigenvalue weighted by atomic mass is 32.2. The Morgan fingerprint density at radius 3 is 2.25 bits per heavy atom. The number of benzene rings is 1. The van der Waals surface area contributed by atoms with Gasteiger partial charge in [-0.15, -0.1) is 11.3 Å². The predicted octanol–water partition coefficient (Wildman–Crippen LogP) is 2.41. The number of carbonyl (C=O) groups is 2. The first kappa shape index (κ1) is 21.9. The van der Waals surface area contributed by atoms with Crippen LogP contribution in [0.2, 0.25) is 0 Å². The molecule has 7 nitrogen and oxygen atoms in total. The quantitative estimate of drug-likeness (QED) is 0.664. The number of hydrogen-bond donors (Lipinski definition) is 3. The summed E-state index contributed by atoms with van der Waals surface area (Å²) in [6.45, 7) is 2.17. The molecule has 0 aliphatic carbocycles. The van der Waals surface area contributed by atoms with Crippen molar-refractivity contribution in [3.63, 3.8) is 0 Å². The number of primary amides is 1. The van der Waals surface area contributed by atoms with Crippen molar-refractivity contribution in [3.05, 3.63) is 40.8 Å². The van der Waals surface area contributed by atoms with Gasteiger partial charge in [-0.25, -0.2) is 8.42 Å². The second-order valence-corrected chi connectivity index (χ2v) is 9.30. The van der Waals surface area contributed by atoms with Gasteiger partial charge in [-0.1, -0.05) is 0 Å². The fraction of sp³-hybridized carbons (Fsp3) is 0.250. The molecule has 0 bridgehead atoms. The number of halogens is 3. The van der Waals surface area contributed by atoms with Gasteiger partial charge in [0, 0.05) is 5.38 Å². The summed E-state index contributed by atoms with van der Waals surface area (Å²) in [5.74, 6) is -1.98. The molecular formula is C16H15F3N2O5S2. The maximum atomic E-state index is 13.0. The molecule has 2 aromatic rings. The number of nitrogens with two attached hydrogens (primary N) is 1. The Kier molecular flexibility index (Phi) is 5.61. The van der Waals surface area contributed by atoms with Crippen molar-refractivity contribution >= 4 is 38.7 Å². The molecule has 2 rings (SSSR count). The van der Waals surface area contributed by atoms with Crippen LogP contribution >= 0.6 is 11.3 Å². The number of nitrogens with one attached hydrogen (secondary N) is 1. The second-order valence-electron chi connectivity index (χ2n) is 6.24. The standard InChI is InChI=1S/C16H15F3N2O5S2/c1-15(2,24)14(23)21-10-6-9(16(17,18)19)3-4-11(10)28(25,26)12-5-8(7-27-12)13(20)22/h3-7,24H,1-2H3,(H2,20,22)(H,21,23). The third-order valence-electron chi connectivity index (χ3n) is 3.53. The van der Waals surface area contributed by atoms with Gasteiger partial charge in [0.05, 0.1) is 21.7 Å². The average Bonchev–Trinajstić information content (AvgIpc) is 3.04. The zero-order valence-corrected chi connectivity index (χ0v) is 16.1. The summed E-state index contributed by atoms with van der Waals surface area (Å²) in [6.07, 6.45) is -4.79. The van der Waals surface area contributed by atoms with Crippen LogP contribution in [0.5, 0.6) is 0 Å². The summed E-state index contributed by atoms with van der Waals surface area (Å²) in [5, 5.41) is 12.9. The number of sulfone groups is 1. The second kappa shape index (κ2) is 7.18. The summed E-state index contributed by atoms with van der Waals surface area (Å²) >= 11 is 0.649. The van der Waals surface area contributed by atoms with Crippen molar-refractivity contribution in [1.29, 1.82) is 0 Å². The molecule has 0 radical (unpaired) electrons. The third-order valence-corrected chi connectivity index (χ3v) is 6.78. The van der Waals surface area contributed by atoms with Crippen LogP contribution in [0.15, 0.2) is 38.8 Å². The van der Waals surface area contributed by atoms with Crippen LogP contribution in [0, 0.1) is 0 Å². The first-order chi connectivity index (χ1) is 12.6. The lowest BCUT2D eigenvalue weighted by Gasteiger charge is -2.19. The van der Waals surface area contributed by atoms with Gasteiger partial charge >= 0.3 is 6.18 Å². The Morgan fingerprint density at radius 2 is 1.79 bits per heavy atom. The van der Waals surface area contributed by atoms with E-state index in [0.29, 0.717) is 29.5 Å². The SMILES string of the molecule is CC(C)(O)C(=O)Nc1cc(C(F)(F)F)ccc1S(=O)(=O)c1cc(C(N)=O)cs1. The third kappa shape index (κ3) is 4.51. The molecule has 0 unspecified atom stereocenters. The number of carbonyl (C=O) groups excluding carboxylic acids is 2. The molecule has 152 valence electrons. The number of thiophene rings is 1. The molecule has 0 saturated heterocycles. The van der Waals surface area contributed by atoms with E-state index < -0.39 is 49.6 Å². The molecule has 1 heterocycles. The topological polar surface area (TPSA) is 127 Å². The first-order valence-electron chi connectivity index (χ1n) is 7.52. The maximum absolute atomic E-state index is 13.0. The number of hydrogen-bond acceptors (Lipinski definition) is 6. The van der Waals surface area contributed by atoms with Crippen LogP contribution < -0.4 is 11.1 Å². The zero-order valence-electron chi connectivity index (χ0n) is 14.5. The van der Waals surface area contributed by atoms with Crippen molar-refractivity contribution in [2.24, 2.45) is 5.73 Å². The van der Waals surface area contributed by atoms with Gasteiger partial charge in [-0.05, 0) is 38.1 Å². The Labute approximate surface area is 161 Å². The average molecular weight is 436 g/mol. The van der Waals surface area contributed by atoms with Crippen molar-refractivity contribution in [3.8, 4) is 0 Å². The normalized spacial score (nSPS) is 12.6. The maximum Gasteiger partial charge on any atom is 0.416 e. The molecular weight excluding hydrogens is 421 g/mol. The van der Waals surface area contributed by atoms with Crippen LogP contribution in [0.25, 0.3) is 0 Å². The molecule has 0 saturated carbocycles. The summed E-state index contributed by atoms with van der Waals surface area (Å²) < 4.78 is 64.4. The Balaban J connectivity index is 2.64. The molecule has 1 aromatic heterocycles. The number of amides is 2. The minimum Gasteiger partial charge on any atom is -0.381 e. The summed E-state index contributed by atoms with van der Waals surface area (Å²) in [4.78, 5) is 22.6. The van der Waals surface area contributed by atoms with Gasteiger partial charge in [-0.3, -0.25) is 9.59 Å². The van der Waals surface area contributed by atoms with Gasteiger partial charge in [-0.2, -0.15) is 13.2 Å². The van der Waals surface area contributed by atoms with Gasteiger partial charge in [0.2, 0.25) is 15.7 Å². The highest BCUT2D eigenvalue weighted by Gasteiger charge is 2.34. The van der Waals surface area contributed by atoms with E-state index in [9.17, 15) is 36.3 Å². The van der Waals surface area contributed by atoms with Crippen LogP contribution in [-0.2, 0) is 20.8 Å². The highest BCUT2D eigenvalue weighted by molar-refractivity contribution is 7.93. The summed E-state index contributed by atoms with van der Waals surface area (Å²) in [6, 6.07) is 2.69. The largest absolute Gasteiger partial charge is 0.416 e. The first-order valence-corrected chi connectivity index (χ1v) is 9.89. The lowest BCUT2D eigenvalue weighted by molar-refractivity contribution is -0.137. The molecule has 4 N–H and O–H groups in total. The van der Waals surface area contributed by atoms with Crippen LogP contribution in [0.1, 0.15) is 29.8 Å². The van der Waals surface area contributed by atoms with Gasteiger partial charge in [0.1, 0.15) is 9.81 Å². The lowest BCUT2D eigenvalue weighted by atomic mass is 10.1. The Hall–Kier alpha value is -2.44. The van der Waals surface area contributed by atoms with Crippen LogP contribution in [0.3, 0.4) is 0 Å². The van der Waals surface area contributed by atoms with Crippen molar-refractivity contribution in [1.82, 2.24) is 0 Å². The lowest BCUT2D eigenvalue weighted by Crippen LogP contribution is -2.37. The smallest absolute Gasteiger partial charge is 0.381 e. The highest BCUT2D eigenvalue weighted by Crippen LogP contribution is 2.37. The summed E-state index contributed by atoms with van der Waals surface area (Å²) in [7, 11) is -4.39. The Morgan fingerprint density at radius 1 is 1.18 bits per heavy atom. The molecule has 0 fully saturated rings. The Bertz CT molecular complexity index is 1040. The van der Waals surface area contributed by atoms with Crippen LogP contribution in [-0.4, -0.2) is 30.9 Å². The van der Waals surface area contributed by atoms with Crippen molar-refractivity contribution in [2.45, 2.75) is 34.7 Å². The molecule has 0 aliphatic rings. The minimum atomic E-state index is -4.79. The number of alkyl halides is 3. The van der Waals surface area contributed by atoms with E-state index in [1.54, 1.807) is 0 Å². The molecule has 0 spiro atoms. The van der Waals surface area contributed by atoms with Gasteiger partial charge in [0.15, 0.2) is 0 Å². The van der Waals surface area contributed by atoms with Crippen molar-refractivity contribution < 1.29 is 36.3 Å². The monoisotopic (exact) mass is 436 g/mol. The number of aliphatic hydroxyl groups is 1. The predicted molar refractivity (Wildman–Crippen MR) is 94.7 cm³/mol. The molecule has 2 amide bonds. The summed E-state index contributed by atoms with van der Waals surface area (Å²) in [5.41, 5.74) is 1.17. The van der Waals surface area contributed by atoms with Crippen LogP contribution in [0.4, 0.5) is 18.9 Å². The molecule has 0 atom stereocenters. The van der Waals surface area contributed by atoms with E-state index in [1.165, 1.54) is 5.38 Å². The van der Waals surface area contributed by atoms with E-state index in [1.807, 2.05) is 5.32 Å². The number of anilines is 1. The van der Waals surface area contributed by atoms with Gasteiger partial charge < -0.3 is 16.2 Å². The van der Waals surface area contributed by atoms with E-state index in [0.717, 1.165) is 19.9 Å². The zero-order chi connectivity index (χ0) is 21.5. The van der Waals surface area contributed by atoms with E-state index in [2.05, 4.69) is 0 Å². The van der Waals surface area contributed by atoms with Crippen molar-refractivity contribution in [2.75, 3.05) is 5.32 Å². The van der Waals surface area contributed by atoms with Gasteiger partial charge in [0.25, 0.3) is 5.91 Å². The molecule has 0 aliphatic heterocycles. The minimum absolute atomic E-state index is 0.0856. The molecule has 1 aromatic carbocycles. The van der Waals surface area contributed by atoms with E-state index in [-0.39, 0.29) is 9.77 Å². The fourth-order valence-corrected chi connectivity index (χ4v) is 4.70. The molecule has 28 heavy (non-hydrogen) atoms. The van der Waals surface area contributed by atoms with E-state index in [4.69, 9.17) is 5.73 Å². The molecule has 12 heteroatoms. The fourth-order valence-electron chi connectivity index (χ4n) is 2.01. The number of rotatable bonds is 5. The van der Waals surface area contributed by atoms with E-state index >= 15 is 0 Å².